The highest BCUT2D eigenvalue weighted by molar-refractivity contribution is 7.80. The second-order valence-corrected chi connectivity index (χ2v) is 4.81. The van der Waals surface area contributed by atoms with Crippen molar-refractivity contribution in [1.82, 2.24) is 25.6 Å². The van der Waals surface area contributed by atoms with E-state index >= 15 is 0 Å². The molecule has 0 aliphatic carbocycles. The zero-order chi connectivity index (χ0) is 14.3. The molecule has 0 aromatic heterocycles. The molecule has 0 spiro atoms. The topological polar surface area (TPSA) is 50.9 Å². The lowest BCUT2D eigenvalue weighted by molar-refractivity contribution is 0.103. The van der Waals surface area contributed by atoms with Gasteiger partial charge in [0.2, 0.25) is 0 Å². The lowest BCUT2D eigenvalue weighted by Crippen LogP contribution is -2.58. The van der Waals surface area contributed by atoms with Gasteiger partial charge in [0.25, 0.3) is 0 Å². The van der Waals surface area contributed by atoms with Crippen LogP contribution in [0.4, 0.5) is 4.79 Å². The van der Waals surface area contributed by atoms with Gasteiger partial charge in [-0.2, -0.15) is 0 Å². The molecule has 19 heavy (non-hydrogen) atoms. The van der Waals surface area contributed by atoms with Crippen molar-refractivity contribution in [1.29, 1.82) is 0 Å². The van der Waals surface area contributed by atoms with Crippen LogP contribution in [0.2, 0.25) is 0 Å². The number of nitrogens with one attached hydrogen (secondary N) is 2. The van der Waals surface area contributed by atoms with E-state index in [1.807, 2.05) is 30.6 Å². The number of thiocarbonyl (C=S) groups is 1. The third-order valence-electron chi connectivity index (χ3n) is 3.18. The third-order valence-corrected chi connectivity index (χ3v) is 3.42. The molecule has 1 saturated heterocycles. The first kappa shape index (κ1) is 16.0. The minimum absolute atomic E-state index is 0.138. The number of piperazine rings is 1. The van der Waals surface area contributed by atoms with Gasteiger partial charge in [-0.15, -0.1) is 0 Å². The van der Waals surface area contributed by atoms with Crippen LogP contribution in [-0.2, 0) is 0 Å². The van der Waals surface area contributed by atoms with Gasteiger partial charge in [0, 0.05) is 45.8 Å². The average Bonchev–Trinajstić information content (AvgIpc) is 2.41. The van der Waals surface area contributed by atoms with E-state index in [9.17, 15) is 4.79 Å². The molecule has 1 fully saturated rings. The van der Waals surface area contributed by atoms with Gasteiger partial charge in [-0.25, -0.2) is 9.80 Å². The molecular weight excluding hydrogens is 262 g/mol. The standard InChI is InChI=1S/C12H25N5OS/c1-4-13-11(19)14-17-9-7-16(8-10-17)12(18)15(5-2)6-3/h4-10H2,1-3H3,(H2,13,14,19). The molecule has 6 nitrogen and oxygen atoms in total. The molecule has 1 heterocycles. The Balaban J connectivity index is 2.36. The van der Waals surface area contributed by atoms with Gasteiger partial charge in [0.15, 0.2) is 5.11 Å². The molecule has 0 radical (unpaired) electrons. The summed E-state index contributed by atoms with van der Waals surface area (Å²) in [6, 6.07) is 0.138. The highest BCUT2D eigenvalue weighted by atomic mass is 32.1. The lowest BCUT2D eigenvalue weighted by Gasteiger charge is -2.37. The van der Waals surface area contributed by atoms with Crippen molar-refractivity contribution < 1.29 is 4.79 Å². The van der Waals surface area contributed by atoms with Crippen LogP contribution in [-0.4, -0.2) is 71.8 Å². The maximum Gasteiger partial charge on any atom is 0.320 e. The Morgan fingerprint density at radius 3 is 2.21 bits per heavy atom. The molecular formula is C12H25N5OS. The predicted molar refractivity (Wildman–Crippen MR) is 80.9 cm³/mol. The first-order valence-corrected chi connectivity index (χ1v) is 7.36. The molecule has 1 aliphatic heterocycles. The quantitative estimate of drug-likeness (QED) is 0.736. The van der Waals surface area contributed by atoms with Crippen molar-refractivity contribution in [2.24, 2.45) is 0 Å². The summed E-state index contributed by atoms with van der Waals surface area (Å²) in [6.45, 7) is 11.4. The number of carbonyl (C=O) groups is 1. The SMILES string of the molecule is CCNC(=S)NN1CCN(C(=O)N(CC)CC)CC1. The number of rotatable bonds is 4. The van der Waals surface area contributed by atoms with Crippen LogP contribution < -0.4 is 10.7 Å². The number of nitrogens with zero attached hydrogens (tertiary/aromatic N) is 3. The monoisotopic (exact) mass is 287 g/mol. The number of urea groups is 1. The van der Waals surface area contributed by atoms with Crippen LogP contribution in [0, 0.1) is 0 Å². The molecule has 0 unspecified atom stereocenters. The molecule has 1 aliphatic rings. The molecule has 0 aromatic rings. The van der Waals surface area contributed by atoms with Crippen LogP contribution in [0.25, 0.3) is 0 Å². The maximum absolute atomic E-state index is 12.2. The van der Waals surface area contributed by atoms with Crippen molar-refractivity contribution in [2.75, 3.05) is 45.8 Å². The minimum atomic E-state index is 0.138. The number of carbonyl (C=O) groups excluding carboxylic acids is 1. The van der Waals surface area contributed by atoms with E-state index in [2.05, 4.69) is 15.8 Å². The van der Waals surface area contributed by atoms with Gasteiger partial charge in [-0.05, 0) is 33.0 Å². The van der Waals surface area contributed by atoms with Crippen LogP contribution >= 0.6 is 12.2 Å². The average molecular weight is 287 g/mol. The number of hydrazine groups is 1. The first-order chi connectivity index (χ1) is 9.12. The Kier molecular flexibility index (Phi) is 6.86. The summed E-state index contributed by atoms with van der Waals surface area (Å²) in [4.78, 5) is 15.9. The van der Waals surface area contributed by atoms with E-state index in [1.165, 1.54) is 0 Å². The molecule has 0 bridgehead atoms. The van der Waals surface area contributed by atoms with Gasteiger partial charge in [0.05, 0.1) is 0 Å². The van der Waals surface area contributed by atoms with Gasteiger partial charge < -0.3 is 15.1 Å². The summed E-state index contributed by atoms with van der Waals surface area (Å²) in [5.74, 6) is 0. The summed E-state index contributed by atoms with van der Waals surface area (Å²) in [6.07, 6.45) is 0. The fourth-order valence-corrected chi connectivity index (χ4v) is 2.32. The number of hydrogen-bond donors (Lipinski definition) is 2. The Labute approximate surface area is 121 Å². The van der Waals surface area contributed by atoms with E-state index in [-0.39, 0.29) is 6.03 Å². The summed E-state index contributed by atoms with van der Waals surface area (Å²) >= 11 is 5.14. The third kappa shape index (κ3) is 4.83. The number of hydrogen-bond acceptors (Lipinski definition) is 3. The van der Waals surface area contributed by atoms with Crippen LogP contribution in [0.1, 0.15) is 20.8 Å². The van der Waals surface area contributed by atoms with E-state index in [0.29, 0.717) is 5.11 Å². The zero-order valence-electron chi connectivity index (χ0n) is 12.1. The van der Waals surface area contributed by atoms with Crippen molar-refractivity contribution in [2.45, 2.75) is 20.8 Å². The van der Waals surface area contributed by atoms with Gasteiger partial charge in [0.1, 0.15) is 0 Å². The fourth-order valence-electron chi connectivity index (χ4n) is 2.05. The van der Waals surface area contributed by atoms with Crippen molar-refractivity contribution in [3.8, 4) is 0 Å². The molecule has 2 N–H and O–H groups in total. The molecule has 0 atom stereocenters. The van der Waals surface area contributed by atoms with Gasteiger partial charge in [-0.3, -0.25) is 5.43 Å². The molecule has 2 amide bonds. The molecule has 0 saturated carbocycles. The van der Waals surface area contributed by atoms with Gasteiger partial charge >= 0.3 is 6.03 Å². The molecule has 1 rings (SSSR count). The Hall–Kier alpha value is -1.08. The normalized spacial score (nSPS) is 16.1. The van der Waals surface area contributed by atoms with E-state index in [4.69, 9.17) is 12.2 Å². The predicted octanol–water partition coefficient (Wildman–Crippen LogP) is 0.465. The largest absolute Gasteiger partial charge is 0.362 e. The molecule has 0 aromatic carbocycles. The summed E-state index contributed by atoms with van der Waals surface area (Å²) in [5.41, 5.74) is 3.14. The van der Waals surface area contributed by atoms with Crippen LogP contribution in [0.15, 0.2) is 0 Å². The van der Waals surface area contributed by atoms with Crippen molar-refractivity contribution >= 4 is 23.4 Å². The molecule has 110 valence electrons. The number of amides is 2. The zero-order valence-corrected chi connectivity index (χ0v) is 12.9. The van der Waals surface area contributed by atoms with Gasteiger partial charge in [-0.1, -0.05) is 0 Å². The highest BCUT2D eigenvalue weighted by Crippen LogP contribution is 2.04. The highest BCUT2D eigenvalue weighted by Gasteiger charge is 2.23. The maximum atomic E-state index is 12.2. The van der Waals surface area contributed by atoms with E-state index in [0.717, 1.165) is 45.8 Å². The smallest absolute Gasteiger partial charge is 0.320 e. The Morgan fingerprint density at radius 2 is 1.74 bits per heavy atom. The summed E-state index contributed by atoms with van der Waals surface area (Å²) in [7, 11) is 0. The van der Waals surface area contributed by atoms with E-state index < -0.39 is 0 Å². The van der Waals surface area contributed by atoms with Crippen molar-refractivity contribution in [3.63, 3.8) is 0 Å². The molecule has 7 heteroatoms. The summed E-state index contributed by atoms with van der Waals surface area (Å²) < 4.78 is 0. The van der Waals surface area contributed by atoms with E-state index in [1.54, 1.807) is 0 Å². The fraction of sp³-hybridized carbons (Fsp3) is 0.833. The van der Waals surface area contributed by atoms with Crippen LogP contribution in [0.5, 0.6) is 0 Å². The summed E-state index contributed by atoms with van der Waals surface area (Å²) in [5, 5.41) is 5.75. The second kappa shape index (κ2) is 8.16. The lowest BCUT2D eigenvalue weighted by atomic mass is 10.3. The Bertz CT molecular complexity index is 300. The second-order valence-electron chi connectivity index (χ2n) is 4.40. The minimum Gasteiger partial charge on any atom is -0.362 e. The Morgan fingerprint density at radius 1 is 1.16 bits per heavy atom. The van der Waals surface area contributed by atoms with Crippen LogP contribution in [0.3, 0.4) is 0 Å². The first-order valence-electron chi connectivity index (χ1n) is 6.95. The van der Waals surface area contributed by atoms with Crippen molar-refractivity contribution in [3.05, 3.63) is 0 Å².